The van der Waals surface area contributed by atoms with Crippen LogP contribution in [0.25, 0.3) is 0 Å². The Morgan fingerprint density at radius 2 is 1.48 bits per heavy atom. The van der Waals surface area contributed by atoms with Crippen LogP contribution in [0, 0.1) is 5.92 Å². The van der Waals surface area contributed by atoms with Gasteiger partial charge in [0.25, 0.3) is 0 Å². The van der Waals surface area contributed by atoms with E-state index < -0.39 is 23.5 Å². The molecule has 0 spiro atoms. The lowest BCUT2D eigenvalue weighted by atomic mass is 9.72. The maximum absolute atomic E-state index is 6.71. The fraction of sp³-hybridized carbons (Fsp3) is 0.680. The average molecular weight is 461 g/mol. The van der Waals surface area contributed by atoms with Crippen molar-refractivity contribution in [2.45, 2.75) is 96.9 Å². The van der Waals surface area contributed by atoms with Gasteiger partial charge < -0.3 is 13.7 Å². The third-order valence-corrected chi connectivity index (χ3v) is 15.8. The molecule has 31 heavy (non-hydrogen) atoms. The first-order valence-corrected chi connectivity index (χ1v) is 17.7. The molecule has 0 bridgehead atoms. The summed E-state index contributed by atoms with van der Waals surface area (Å²) in [7, 11) is -3.97. The Kier molecular flexibility index (Phi) is 7.67. The van der Waals surface area contributed by atoms with Crippen LogP contribution in [-0.4, -0.2) is 41.3 Å². The molecular formula is C25H45BO3Si2. The fourth-order valence-corrected chi connectivity index (χ4v) is 7.63. The lowest BCUT2D eigenvalue weighted by molar-refractivity contribution is 0.00578. The number of benzene rings is 1. The zero-order chi connectivity index (χ0) is 23.9. The molecule has 0 unspecified atom stereocenters. The number of hydrogen-bond donors (Lipinski definition) is 0. The summed E-state index contributed by atoms with van der Waals surface area (Å²) in [5.41, 5.74) is 0.296. The molecule has 1 aliphatic heterocycles. The van der Waals surface area contributed by atoms with Crippen LogP contribution >= 0.6 is 0 Å². The number of rotatable bonds is 8. The van der Waals surface area contributed by atoms with Crippen molar-refractivity contribution in [3.8, 4) is 0 Å². The van der Waals surface area contributed by atoms with Gasteiger partial charge in [0.05, 0.1) is 19.3 Å². The second-order valence-corrected chi connectivity index (χ2v) is 21.9. The minimum atomic E-state index is -1.87. The molecule has 1 fully saturated rings. The molecule has 0 saturated carbocycles. The van der Waals surface area contributed by atoms with E-state index in [9.17, 15) is 0 Å². The molecule has 1 atom stereocenters. The predicted octanol–water partition coefficient (Wildman–Crippen LogP) is 6.43. The van der Waals surface area contributed by atoms with Crippen LogP contribution < -0.4 is 5.19 Å². The zero-order valence-corrected chi connectivity index (χ0v) is 23.9. The van der Waals surface area contributed by atoms with Gasteiger partial charge >= 0.3 is 7.12 Å². The molecule has 1 aliphatic rings. The van der Waals surface area contributed by atoms with Crippen LogP contribution in [0.15, 0.2) is 42.4 Å². The maximum Gasteiger partial charge on any atom is 0.490 e. The van der Waals surface area contributed by atoms with Gasteiger partial charge in [0.1, 0.15) is 0 Å². The highest BCUT2D eigenvalue weighted by atomic mass is 28.4. The lowest BCUT2D eigenvalue weighted by Gasteiger charge is -2.39. The molecule has 0 radical (unpaired) electrons. The van der Waals surface area contributed by atoms with Crippen LogP contribution in [0.5, 0.6) is 0 Å². The van der Waals surface area contributed by atoms with Gasteiger partial charge in [-0.15, -0.1) is 6.58 Å². The van der Waals surface area contributed by atoms with E-state index >= 15 is 0 Å². The molecule has 0 amide bonds. The van der Waals surface area contributed by atoms with Gasteiger partial charge in [-0.3, -0.25) is 0 Å². The second kappa shape index (κ2) is 8.94. The normalized spacial score (nSPS) is 20.0. The van der Waals surface area contributed by atoms with Gasteiger partial charge in [0.15, 0.2) is 8.32 Å². The predicted molar refractivity (Wildman–Crippen MR) is 140 cm³/mol. The molecule has 1 aromatic rings. The van der Waals surface area contributed by atoms with Crippen LogP contribution in [0.3, 0.4) is 0 Å². The second-order valence-electron chi connectivity index (χ2n) is 12.4. The largest absolute Gasteiger partial charge is 0.490 e. The van der Waals surface area contributed by atoms with E-state index in [1.165, 1.54) is 5.19 Å². The Bertz CT molecular complexity index is 751. The molecule has 1 aromatic carbocycles. The average Bonchev–Trinajstić information content (AvgIpc) is 2.85. The van der Waals surface area contributed by atoms with Crippen molar-refractivity contribution >= 4 is 28.7 Å². The number of hydrogen-bond acceptors (Lipinski definition) is 3. The molecule has 0 aliphatic carbocycles. The van der Waals surface area contributed by atoms with Crippen molar-refractivity contribution in [1.82, 2.24) is 0 Å². The molecule has 6 heteroatoms. The zero-order valence-electron chi connectivity index (χ0n) is 21.9. The summed E-state index contributed by atoms with van der Waals surface area (Å²) in [6, 6.07) is 12.0. The first-order valence-electron chi connectivity index (χ1n) is 11.6. The molecular weight excluding hydrogens is 415 g/mol. The van der Waals surface area contributed by atoms with Crippen molar-refractivity contribution in [3.63, 3.8) is 0 Å². The van der Waals surface area contributed by atoms with Crippen molar-refractivity contribution < 1.29 is 13.7 Å². The summed E-state index contributed by atoms with van der Waals surface area (Å²) in [5, 5.41) is 1.64. The Balaban J connectivity index is 2.29. The van der Waals surface area contributed by atoms with Crippen molar-refractivity contribution in [2.75, 3.05) is 6.61 Å². The van der Waals surface area contributed by atoms with E-state index in [-0.39, 0.29) is 22.2 Å². The van der Waals surface area contributed by atoms with Crippen LogP contribution in [0.4, 0.5) is 0 Å². The third-order valence-electron chi connectivity index (χ3n) is 7.84. The molecule has 3 nitrogen and oxygen atoms in total. The SMILES string of the molecule is C=C(B1OC(C)(C)C(C)(C)O1)[C@H](CO[Si](C)(C)C(C)(C)C)C[Si](C)(C)c1ccccc1. The summed E-state index contributed by atoms with van der Waals surface area (Å²) in [4.78, 5) is 0. The summed E-state index contributed by atoms with van der Waals surface area (Å²) < 4.78 is 19.5. The van der Waals surface area contributed by atoms with Gasteiger partial charge in [0.2, 0.25) is 0 Å². The minimum Gasteiger partial charge on any atom is -0.416 e. The Labute approximate surface area is 194 Å². The molecule has 0 aromatic heterocycles. The molecule has 0 N–H and O–H groups in total. The third kappa shape index (κ3) is 6.02. The lowest BCUT2D eigenvalue weighted by Crippen LogP contribution is -2.47. The van der Waals surface area contributed by atoms with Crippen molar-refractivity contribution in [2.24, 2.45) is 5.92 Å². The first-order chi connectivity index (χ1) is 13.9. The van der Waals surface area contributed by atoms with E-state index in [2.05, 4.69) is 112 Å². The summed E-state index contributed by atoms with van der Waals surface area (Å²) in [5.74, 6) is 0.200. The maximum atomic E-state index is 6.71. The molecule has 1 saturated heterocycles. The van der Waals surface area contributed by atoms with Gasteiger partial charge in [-0.2, -0.15) is 0 Å². The molecule has 1 heterocycles. The quantitative estimate of drug-likeness (QED) is 0.419. The highest BCUT2D eigenvalue weighted by Crippen LogP contribution is 2.42. The highest BCUT2D eigenvalue weighted by molar-refractivity contribution is 6.90. The minimum absolute atomic E-state index is 0.176. The summed E-state index contributed by atoms with van der Waals surface area (Å²) >= 11 is 0. The van der Waals surface area contributed by atoms with E-state index in [0.29, 0.717) is 6.61 Å². The van der Waals surface area contributed by atoms with Crippen LogP contribution in [0.2, 0.25) is 37.3 Å². The topological polar surface area (TPSA) is 27.7 Å². The smallest absolute Gasteiger partial charge is 0.416 e. The Hall–Kier alpha value is -0.661. The summed E-state index contributed by atoms with van der Waals surface area (Å²) in [6.07, 6.45) is 0. The van der Waals surface area contributed by atoms with Gasteiger partial charge in [-0.05, 0) is 63.3 Å². The molecule has 174 valence electrons. The van der Waals surface area contributed by atoms with Crippen molar-refractivity contribution in [3.05, 3.63) is 42.4 Å². The fourth-order valence-electron chi connectivity index (χ4n) is 3.63. The van der Waals surface area contributed by atoms with E-state index in [1.807, 2.05) is 0 Å². The Morgan fingerprint density at radius 1 is 1.00 bits per heavy atom. The van der Waals surface area contributed by atoms with Crippen molar-refractivity contribution in [1.29, 1.82) is 0 Å². The summed E-state index contributed by atoms with van der Waals surface area (Å²) in [6.45, 7) is 30.0. The monoisotopic (exact) mass is 460 g/mol. The standard InChI is InChI=1S/C25H45BO3Si2/c1-20(26-28-24(5,6)25(7,8)29-26)21(18-27-31(11,12)23(2,3)4)19-30(9,10)22-16-14-13-15-17-22/h13-17,21H,1,18-19H2,2-12H3/t21-/m1/s1. The van der Waals surface area contributed by atoms with E-state index in [1.54, 1.807) is 0 Å². The van der Waals surface area contributed by atoms with Gasteiger partial charge in [-0.1, -0.05) is 69.4 Å². The molecule has 2 rings (SSSR count). The van der Waals surface area contributed by atoms with E-state index in [4.69, 9.17) is 13.7 Å². The van der Waals surface area contributed by atoms with Gasteiger partial charge in [0, 0.05) is 6.61 Å². The van der Waals surface area contributed by atoms with Crippen LogP contribution in [-0.2, 0) is 13.7 Å². The van der Waals surface area contributed by atoms with Gasteiger partial charge in [-0.25, -0.2) is 0 Å². The highest BCUT2D eigenvalue weighted by Gasteiger charge is 2.53. The van der Waals surface area contributed by atoms with Crippen LogP contribution in [0.1, 0.15) is 48.5 Å². The van der Waals surface area contributed by atoms with E-state index in [0.717, 1.165) is 11.5 Å². The first kappa shape index (κ1) is 26.6. The Morgan fingerprint density at radius 3 is 1.94 bits per heavy atom.